The number of rotatable bonds is 0. The number of hydrogen-bond acceptors (Lipinski definition) is 4. The van der Waals surface area contributed by atoms with Crippen molar-refractivity contribution in [1.82, 2.24) is 9.97 Å². The van der Waals surface area contributed by atoms with E-state index in [4.69, 9.17) is 9.90 Å². The molecule has 0 saturated heterocycles. The summed E-state index contributed by atoms with van der Waals surface area (Å²) in [6.07, 6.45) is -3.48. The van der Waals surface area contributed by atoms with Gasteiger partial charge in [0.15, 0.2) is 0 Å². The predicted molar refractivity (Wildman–Crippen MR) is 53.9 cm³/mol. The van der Waals surface area contributed by atoms with Gasteiger partial charge < -0.3 is 10.1 Å². The van der Waals surface area contributed by atoms with Crippen LogP contribution < -0.4 is 5.56 Å². The SMILES string of the molecule is O=C(O)C(F)(F)F.O=c1[nH]ccc2ncsc12. The van der Waals surface area contributed by atoms with E-state index in [2.05, 4.69) is 9.97 Å². The Morgan fingerprint density at radius 2 is 2.06 bits per heavy atom. The van der Waals surface area contributed by atoms with Crippen LogP contribution in [0.1, 0.15) is 0 Å². The number of aromatic nitrogens is 2. The van der Waals surface area contributed by atoms with Crippen LogP contribution in [0.3, 0.4) is 0 Å². The second-order valence-corrected chi connectivity index (χ2v) is 3.53. The maximum atomic E-state index is 11.0. The third kappa shape index (κ3) is 3.55. The summed E-state index contributed by atoms with van der Waals surface area (Å²) in [7, 11) is 0. The van der Waals surface area contributed by atoms with E-state index in [9.17, 15) is 18.0 Å². The van der Waals surface area contributed by atoms with Crippen molar-refractivity contribution in [2.24, 2.45) is 0 Å². The Balaban J connectivity index is 0.000000185. The second kappa shape index (κ2) is 4.95. The number of thiazole rings is 1. The van der Waals surface area contributed by atoms with E-state index in [1.165, 1.54) is 11.3 Å². The number of alkyl halides is 3. The number of H-pyrrole nitrogens is 1. The van der Waals surface area contributed by atoms with Gasteiger partial charge >= 0.3 is 12.1 Å². The maximum absolute atomic E-state index is 11.0. The van der Waals surface area contributed by atoms with Crippen LogP contribution in [-0.4, -0.2) is 27.2 Å². The molecule has 2 N–H and O–H groups in total. The number of fused-ring (bicyclic) bond motifs is 1. The molecule has 92 valence electrons. The van der Waals surface area contributed by atoms with E-state index in [0.29, 0.717) is 4.70 Å². The highest BCUT2D eigenvalue weighted by molar-refractivity contribution is 7.16. The Morgan fingerprint density at radius 1 is 1.47 bits per heavy atom. The Kier molecular flexibility index (Phi) is 3.84. The molecule has 0 unspecified atom stereocenters. The van der Waals surface area contributed by atoms with Gasteiger partial charge in [0.2, 0.25) is 0 Å². The van der Waals surface area contributed by atoms with Crippen LogP contribution in [0, 0.1) is 0 Å². The van der Waals surface area contributed by atoms with Crippen molar-refractivity contribution in [2.75, 3.05) is 0 Å². The molecule has 0 aromatic carbocycles. The summed E-state index contributed by atoms with van der Waals surface area (Å²) in [5, 5.41) is 7.12. The minimum absolute atomic E-state index is 0.0556. The zero-order valence-corrected chi connectivity index (χ0v) is 8.80. The van der Waals surface area contributed by atoms with Gasteiger partial charge in [0.05, 0.1) is 11.0 Å². The molecule has 0 bridgehead atoms. The molecule has 0 radical (unpaired) electrons. The summed E-state index contributed by atoms with van der Waals surface area (Å²) in [6.45, 7) is 0. The lowest BCUT2D eigenvalue weighted by Gasteiger charge is -1.93. The normalized spacial score (nSPS) is 10.8. The van der Waals surface area contributed by atoms with Gasteiger partial charge in [-0.3, -0.25) is 4.79 Å². The molecule has 5 nitrogen and oxygen atoms in total. The van der Waals surface area contributed by atoms with E-state index < -0.39 is 12.1 Å². The molecule has 0 atom stereocenters. The minimum atomic E-state index is -5.08. The highest BCUT2D eigenvalue weighted by Crippen LogP contribution is 2.13. The maximum Gasteiger partial charge on any atom is 0.490 e. The van der Waals surface area contributed by atoms with Crippen LogP contribution in [0.4, 0.5) is 13.2 Å². The Morgan fingerprint density at radius 3 is 2.53 bits per heavy atom. The van der Waals surface area contributed by atoms with Crippen molar-refractivity contribution < 1.29 is 23.1 Å². The van der Waals surface area contributed by atoms with E-state index >= 15 is 0 Å². The first-order valence-corrected chi connectivity index (χ1v) is 4.91. The number of pyridine rings is 1. The standard InChI is InChI=1S/C6H4N2OS.C2HF3O2/c9-6-5-4(1-2-7-6)8-3-10-5;3-2(4,5)1(6)7/h1-3H,(H,7,9);(H,6,7). The topological polar surface area (TPSA) is 83.0 Å². The zero-order chi connectivity index (χ0) is 13.1. The van der Waals surface area contributed by atoms with Crippen molar-refractivity contribution in [2.45, 2.75) is 6.18 Å². The molecular formula is C8H5F3N2O3S. The van der Waals surface area contributed by atoms with Crippen molar-refractivity contribution in [3.63, 3.8) is 0 Å². The van der Waals surface area contributed by atoms with Gasteiger partial charge in [0, 0.05) is 6.20 Å². The number of hydrogen-bond donors (Lipinski definition) is 2. The molecule has 0 spiro atoms. The van der Waals surface area contributed by atoms with E-state index in [-0.39, 0.29) is 5.56 Å². The van der Waals surface area contributed by atoms with Crippen LogP contribution in [0.2, 0.25) is 0 Å². The van der Waals surface area contributed by atoms with Gasteiger partial charge in [0.25, 0.3) is 5.56 Å². The zero-order valence-electron chi connectivity index (χ0n) is 7.99. The number of carbonyl (C=O) groups is 1. The van der Waals surface area contributed by atoms with Gasteiger partial charge in [-0.25, -0.2) is 9.78 Å². The fourth-order valence-electron chi connectivity index (χ4n) is 0.805. The summed E-state index contributed by atoms with van der Waals surface area (Å²) in [5.74, 6) is -2.76. The minimum Gasteiger partial charge on any atom is -0.475 e. The molecule has 2 heterocycles. The molecule has 17 heavy (non-hydrogen) atoms. The quantitative estimate of drug-likeness (QED) is 0.759. The number of aromatic amines is 1. The van der Waals surface area contributed by atoms with Crippen LogP contribution >= 0.6 is 11.3 Å². The van der Waals surface area contributed by atoms with Crippen LogP contribution in [0.25, 0.3) is 10.2 Å². The number of carboxylic acids is 1. The van der Waals surface area contributed by atoms with Gasteiger partial charge in [0.1, 0.15) is 4.70 Å². The average molecular weight is 266 g/mol. The highest BCUT2D eigenvalue weighted by atomic mass is 32.1. The third-order valence-corrected chi connectivity index (χ3v) is 2.34. The van der Waals surface area contributed by atoms with Crippen molar-refractivity contribution in [3.8, 4) is 0 Å². The number of aliphatic carboxylic acids is 1. The lowest BCUT2D eigenvalue weighted by atomic mass is 10.4. The molecule has 9 heteroatoms. The average Bonchev–Trinajstić information content (AvgIpc) is 2.66. The van der Waals surface area contributed by atoms with Crippen LogP contribution in [0.5, 0.6) is 0 Å². The number of halogens is 3. The Hall–Kier alpha value is -1.90. The molecule has 0 amide bonds. The molecule has 2 aromatic heterocycles. The van der Waals surface area contributed by atoms with Crippen LogP contribution in [0.15, 0.2) is 22.6 Å². The van der Waals surface area contributed by atoms with Crippen molar-refractivity contribution in [1.29, 1.82) is 0 Å². The fraction of sp³-hybridized carbons (Fsp3) is 0.125. The Labute approximate surface area is 95.5 Å². The second-order valence-electron chi connectivity index (χ2n) is 2.68. The summed E-state index contributed by atoms with van der Waals surface area (Å²) in [6, 6.07) is 1.78. The van der Waals surface area contributed by atoms with Gasteiger partial charge in [-0.05, 0) is 6.07 Å². The molecule has 0 aliphatic rings. The fourth-order valence-corrected chi connectivity index (χ4v) is 1.48. The number of carboxylic acid groups (broad SMARTS) is 1. The molecule has 0 aliphatic carbocycles. The summed E-state index contributed by atoms with van der Waals surface area (Å²) in [4.78, 5) is 26.4. The summed E-state index contributed by atoms with van der Waals surface area (Å²) >= 11 is 1.36. The Bertz CT molecular complexity index is 575. The van der Waals surface area contributed by atoms with E-state index in [0.717, 1.165) is 5.52 Å². The summed E-state index contributed by atoms with van der Waals surface area (Å²) in [5.41, 5.74) is 2.38. The number of nitrogens with one attached hydrogen (secondary N) is 1. The van der Waals surface area contributed by atoms with Gasteiger partial charge in [-0.2, -0.15) is 13.2 Å². The largest absolute Gasteiger partial charge is 0.490 e. The molecule has 0 fully saturated rings. The molecular weight excluding hydrogens is 261 g/mol. The molecule has 2 aromatic rings. The first-order valence-electron chi connectivity index (χ1n) is 4.03. The van der Waals surface area contributed by atoms with Gasteiger partial charge in [-0.15, -0.1) is 11.3 Å². The first-order chi connectivity index (χ1) is 7.82. The third-order valence-electron chi connectivity index (χ3n) is 1.50. The highest BCUT2D eigenvalue weighted by Gasteiger charge is 2.38. The van der Waals surface area contributed by atoms with Gasteiger partial charge in [-0.1, -0.05) is 0 Å². The van der Waals surface area contributed by atoms with E-state index in [1.54, 1.807) is 17.8 Å². The molecule has 0 saturated carbocycles. The van der Waals surface area contributed by atoms with E-state index in [1.807, 2.05) is 0 Å². The van der Waals surface area contributed by atoms with Crippen molar-refractivity contribution >= 4 is 27.5 Å². The monoisotopic (exact) mass is 266 g/mol. The lowest BCUT2D eigenvalue weighted by molar-refractivity contribution is -0.192. The smallest absolute Gasteiger partial charge is 0.475 e. The molecule has 2 rings (SSSR count). The van der Waals surface area contributed by atoms with Crippen molar-refractivity contribution in [3.05, 3.63) is 28.1 Å². The predicted octanol–water partition coefficient (Wildman–Crippen LogP) is 1.62. The molecule has 0 aliphatic heterocycles. The lowest BCUT2D eigenvalue weighted by Crippen LogP contribution is -2.21. The van der Waals surface area contributed by atoms with Crippen LogP contribution in [-0.2, 0) is 4.79 Å². The summed E-state index contributed by atoms with van der Waals surface area (Å²) < 4.78 is 32.4. The first kappa shape index (κ1) is 13.2. The number of nitrogens with zero attached hydrogens (tertiary/aromatic N) is 1.